The van der Waals surface area contributed by atoms with Crippen LogP contribution in [0.5, 0.6) is 0 Å². The summed E-state index contributed by atoms with van der Waals surface area (Å²) < 4.78 is 4.22. The highest BCUT2D eigenvalue weighted by molar-refractivity contribution is 7.82. The Bertz CT molecular complexity index is 124. The van der Waals surface area contributed by atoms with Crippen LogP contribution in [0.1, 0.15) is 27.7 Å². The first-order valence-electron chi connectivity index (χ1n) is 3.27. The summed E-state index contributed by atoms with van der Waals surface area (Å²) in [5.74, 6) is -0.272. The molecule has 0 fully saturated rings. The van der Waals surface area contributed by atoms with E-state index in [4.69, 9.17) is 4.74 Å². The zero-order valence-corrected chi connectivity index (χ0v) is 7.74. The van der Waals surface area contributed by atoms with Gasteiger partial charge in [-0.15, -0.1) is 0 Å². The summed E-state index contributed by atoms with van der Waals surface area (Å²) in [5, 5.41) is 0. The van der Waals surface area contributed by atoms with Crippen molar-refractivity contribution in [1.29, 1.82) is 0 Å². The molecule has 3 heteroatoms. The van der Waals surface area contributed by atoms with Crippen LogP contribution in [-0.2, 0) is 9.53 Å². The van der Waals surface area contributed by atoms with Crippen molar-refractivity contribution in [2.24, 2.45) is 0 Å². The average Bonchev–Trinajstić information content (AvgIpc) is 1.60. The minimum absolute atomic E-state index is 0.0566. The van der Waals surface area contributed by atoms with E-state index in [1.807, 2.05) is 13.8 Å². The second-order valence-corrected chi connectivity index (χ2v) is 4.13. The van der Waals surface area contributed by atoms with Crippen LogP contribution in [0.2, 0.25) is 0 Å². The van der Waals surface area contributed by atoms with Crippen molar-refractivity contribution in [3.8, 4) is 0 Å². The molecule has 0 rings (SSSR count). The molecule has 2 nitrogen and oxygen atoms in total. The van der Waals surface area contributed by atoms with Crippen molar-refractivity contribution in [3.63, 3.8) is 0 Å². The quantitative estimate of drug-likeness (QED) is 0.493. The number of hydrogen-bond acceptors (Lipinski definition) is 3. The maximum absolute atomic E-state index is 11.0. The van der Waals surface area contributed by atoms with Gasteiger partial charge in [0.15, 0.2) is 0 Å². The SMILES string of the molecule is CC(C)OC(=O)C(C)(C)S. The molecule has 0 N–H and O–H groups in total. The maximum Gasteiger partial charge on any atom is 0.321 e. The Morgan fingerprint density at radius 2 is 1.90 bits per heavy atom. The highest BCUT2D eigenvalue weighted by Gasteiger charge is 2.24. The summed E-state index contributed by atoms with van der Waals surface area (Å²) in [6, 6.07) is 0. The van der Waals surface area contributed by atoms with Gasteiger partial charge in [-0.25, -0.2) is 0 Å². The Morgan fingerprint density at radius 1 is 1.50 bits per heavy atom. The molecule has 60 valence electrons. The van der Waals surface area contributed by atoms with Crippen molar-refractivity contribution in [3.05, 3.63) is 0 Å². The van der Waals surface area contributed by atoms with Crippen LogP contribution in [0.4, 0.5) is 0 Å². The smallest absolute Gasteiger partial charge is 0.321 e. The lowest BCUT2D eigenvalue weighted by atomic mass is 10.2. The van der Waals surface area contributed by atoms with Gasteiger partial charge in [-0.05, 0) is 27.7 Å². The Balaban J connectivity index is 3.87. The second-order valence-electron chi connectivity index (χ2n) is 3.01. The lowest BCUT2D eigenvalue weighted by molar-refractivity contribution is -0.149. The fourth-order valence-electron chi connectivity index (χ4n) is 0.358. The monoisotopic (exact) mass is 162 g/mol. The molecule has 10 heavy (non-hydrogen) atoms. The lowest BCUT2D eigenvalue weighted by Crippen LogP contribution is -2.29. The van der Waals surface area contributed by atoms with Crippen LogP contribution in [0, 0.1) is 0 Å². The van der Waals surface area contributed by atoms with Crippen LogP contribution in [-0.4, -0.2) is 16.8 Å². The van der Waals surface area contributed by atoms with E-state index < -0.39 is 4.75 Å². The van der Waals surface area contributed by atoms with Gasteiger partial charge in [0.25, 0.3) is 0 Å². The number of thiol groups is 1. The number of ether oxygens (including phenoxy) is 1. The molecule has 0 radical (unpaired) electrons. The molecule has 0 aliphatic rings. The van der Waals surface area contributed by atoms with E-state index >= 15 is 0 Å². The number of rotatable bonds is 2. The number of carbonyl (C=O) groups is 1. The van der Waals surface area contributed by atoms with Gasteiger partial charge in [-0.1, -0.05) is 0 Å². The molecule has 0 spiro atoms. The number of carbonyl (C=O) groups excluding carboxylic acids is 1. The summed E-state index contributed by atoms with van der Waals surface area (Å²) in [4.78, 5) is 11.0. The van der Waals surface area contributed by atoms with E-state index in [0.717, 1.165) is 0 Å². The van der Waals surface area contributed by atoms with E-state index in [2.05, 4.69) is 12.6 Å². The summed E-state index contributed by atoms with van der Waals surface area (Å²) in [6.07, 6.45) is -0.0566. The topological polar surface area (TPSA) is 26.3 Å². The fraction of sp³-hybridized carbons (Fsp3) is 0.857. The van der Waals surface area contributed by atoms with Gasteiger partial charge in [0.05, 0.1) is 6.10 Å². The molecule has 0 heterocycles. The van der Waals surface area contributed by atoms with Crippen molar-refractivity contribution in [2.45, 2.75) is 38.5 Å². The predicted octanol–water partition coefficient (Wildman–Crippen LogP) is 1.65. The Kier molecular flexibility index (Phi) is 3.22. The molecule has 0 aromatic heterocycles. The zero-order chi connectivity index (χ0) is 8.36. The summed E-state index contributed by atoms with van der Waals surface area (Å²) in [7, 11) is 0. The lowest BCUT2D eigenvalue weighted by Gasteiger charge is -2.17. The van der Waals surface area contributed by atoms with Gasteiger partial charge in [0, 0.05) is 0 Å². The second kappa shape index (κ2) is 3.28. The standard InChI is InChI=1S/C7H14O2S/c1-5(2)9-6(8)7(3,4)10/h5,10H,1-4H3. The van der Waals surface area contributed by atoms with Gasteiger partial charge >= 0.3 is 5.97 Å². The summed E-state index contributed by atoms with van der Waals surface area (Å²) >= 11 is 4.05. The predicted molar refractivity (Wildman–Crippen MR) is 44.3 cm³/mol. The minimum atomic E-state index is -0.676. The Labute approximate surface area is 67.4 Å². The third-order valence-corrected chi connectivity index (χ3v) is 1.02. The molecule has 0 aromatic rings. The maximum atomic E-state index is 11.0. The molecular formula is C7H14O2S. The first-order valence-corrected chi connectivity index (χ1v) is 3.72. The third-order valence-electron chi connectivity index (χ3n) is 0.842. The van der Waals surface area contributed by atoms with Crippen molar-refractivity contribution >= 4 is 18.6 Å². The molecule has 0 saturated carbocycles. The number of esters is 1. The minimum Gasteiger partial charge on any atom is -0.462 e. The van der Waals surface area contributed by atoms with E-state index in [9.17, 15) is 4.79 Å². The fourth-order valence-corrected chi connectivity index (χ4v) is 0.411. The third kappa shape index (κ3) is 3.77. The molecule has 0 unspecified atom stereocenters. The van der Waals surface area contributed by atoms with Crippen LogP contribution in [0.15, 0.2) is 0 Å². The van der Waals surface area contributed by atoms with Crippen LogP contribution < -0.4 is 0 Å². The number of hydrogen-bond donors (Lipinski definition) is 1. The molecule has 0 aromatic carbocycles. The first kappa shape index (κ1) is 9.82. The summed E-state index contributed by atoms with van der Waals surface area (Å²) in [5.41, 5.74) is 0. The highest BCUT2D eigenvalue weighted by Crippen LogP contribution is 2.14. The normalized spacial score (nSPS) is 11.8. The molecule has 0 atom stereocenters. The molecule has 0 aliphatic carbocycles. The molecule has 0 bridgehead atoms. The van der Waals surface area contributed by atoms with Crippen molar-refractivity contribution in [2.75, 3.05) is 0 Å². The van der Waals surface area contributed by atoms with E-state index in [1.165, 1.54) is 0 Å². The molecule has 0 amide bonds. The molecular weight excluding hydrogens is 148 g/mol. The van der Waals surface area contributed by atoms with Crippen LogP contribution >= 0.6 is 12.6 Å². The molecule has 0 aliphatic heterocycles. The largest absolute Gasteiger partial charge is 0.462 e. The van der Waals surface area contributed by atoms with E-state index in [-0.39, 0.29) is 12.1 Å². The Hall–Kier alpha value is -0.180. The average molecular weight is 162 g/mol. The van der Waals surface area contributed by atoms with Crippen molar-refractivity contribution < 1.29 is 9.53 Å². The Morgan fingerprint density at radius 3 is 2.00 bits per heavy atom. The van der Waals surface area contributed by atoms with Gasteiger partial charge in [0.1, 0.15) is 4.75 Å². The van der Waals surface area contributed by atoms with E-state index in [0.29, 0.717) is 0 Å². The van der Waals surface area contributed by atoms with Gasteiger partial charge in [-0.2, -0.15) is 12.6 Å². The van der Waals surface area contributed by atoms with Crippen LogP contribution in [0.3, 0.4) is 0 Å². The van der Waals surface area contributed by atoms with Gasteiger partial charge in [-0.3, -0.25) is 4.79 Å². The van der Waals surface area contributed by atoms with Crippen LogP contribution in [0.25, 0.3) is 0 Å². The van der Waals surface area contributed by atoms with Crippen molar-refractivity contribution in [1.82, 2.24) is 0 Å². The van der Waals surface area contributed by atoms with E-state index in [1.54, 1.807) is 13.8 Å². The zero-order valence-electron chi connectivity index (χ0n) is 6.84. The van der Waals surface area contributed by atoms with Gasteiger partial charge < -0.3 is 4.74 Å². The first-order chi connectivity index (χ1) is 4.34. The highest BCUT2D eigenvalue weighted by atomic mass is 32.1. The summed E-state index contributed by atoms with van der Waals surface area (Å²) in [6.45, 7) is 7.05. The molecule has 0 saturated heterocycles. The van der Waals surface area contributed by atoms with Gasteiger partial charge in [0.2, 0.25) is 0 Å².